The van der Waals surface area contributed by atoms with Gasteiger partial charge in [-0.2, -0.15) is 0 Å². The summed E-state index contributed by atoms with van der Waals surface area (Å²) in [5.74, 6) is 0.936. The molecule has 0 aliphatic heterocycles. The van der Waals surface area contributed by atoms with Crippen LogP contribution in [0.25, 0.3) is 0 Å². The number of ether oxygens (including phenoxy) is 1. The molecule has 0 saturated heterocycles. The minimum Gasteiger partial charge on any atom is -0.447 e. The quantitative estimate of drug-likeness (QED) is 0.747. The van der Waals surface area contributed by atoms with Crippen LogP contribution in [-0.2, 0) is 21.3 Å². The van der Waals surface area contributed by atoms with E-state index in [-0.39, 0.29) is 11.1 Å². The van der Waals surface area contributed by atoms with Crippen LogP contribution in [0.2, 0.25) is 0 Å². The summed E-state index contributed by atoms with van der Waals surface area (Å²) in [5.41, 5.74) is 0. The zero-order chi connectivity index (χ0) is 14.5. The van der Waals surface area contributed by atoms with E-state index in [0.29, 0.717) is 31.4 Å². The molecule has 1 atom stereocenters. The van der Waals surface area contributed by atoms with E-state index in [2.05, 4.69) is 19.2 Å². The highest BCUT2D eigenvalue weighted by Crippen LogP contribution is 2.12. The van der Waals surface area contributed by atoms with E-state index in [4.69, 9.17) is 14.3 Å². The van der Waals surface area contributed by atoms with Crippen LogP contribution in [0.5, 0.6) is 0 Å². The van der Waals surface area contributed by atoms with E-state index in [0.717, 1.165) is 0 Å². The van der Waals surface area contributed by atoms with Crippen molar-refractivity contribution < 1.29 is 17.6 Å². The van der Waals surface area contributed by atoms with Gasteiger partial charge in [0.05, 0.1) is 13.2 Å². The normalized spacial score (nSPS) is 13.9. The van der Waals surface area contributed by atoms with Crippen LogP contribution < -0.4 is 10.5 Å². The molecule has 7 heteroatoms. The van der Waals surface area contributed by atoms with Gasteiger partial charge in [0, 0.05) is 12.6 Å². The van der Waals surface area contributed by atoms with Crippen molar-refractivity contribution in [1.29, 1.82) is 0 Å². The van der Waals surface area contributed by atoms with Crippen molar-refractivity contribution in [2.24, 2.45) is 11.1 Å². The van der Waals surface area contributed by atoms with E-state index in [1.165, 1.54) is 6.07 Å². The van der Waals surface area contributed by atoms with Gasteiger partial charge in [0.2, 0.25) is 5.09 Å². The van der Waals surface area contributed by atoms with Crippen molar-refractivity contribution >= 4 is 10.0 Å². The van der Waals surface area contributed by atoms with Gasteiger partial charge in [0.25, 0.3) is 10.0 Å². The molecule has 1 heterocycles. The van der Waals surface area contributed by atoms with Crippen LogP contribution in [-0.4, -0.2) is 27.7 Å². The molecule has 0 aromatic carbocycles. The molecule has 0 fully saturated rings. The minimum absolute atomic E-state index is 0.183. The fourth-order valence-electron chi connectivity index (χ4n) is 1.57. The Morgan fingerprint density at radius 3 is 2.58 bits per heavy atom. The Labute approximate surface area is 114 Å². The lowest BCUT2D eigenvalue weighted by atomic mass is 10.1. The number of rotatable bonds is 8. The first-order valence-electron chi connectivity index (χ1n) is 6.27. The Morgan fingerprint density at radius 2 is 2.11 bits per heavy atom. The number of hydrogen-bond donors (Lipinski definition) is 2. The molecule has 1 aromatic rings. The third-order valence-electron chi connectivity index (χ3n) is 2.76. The van der Waals surface area contributed by atoms with Crippen LogP contribution >= 0.6 is 0 Å². The summed E-state index contributed by atoms with van der Waals surface area (Å²) in [6.45, 7) is 7.84. The monoisotopic (exact) mass is 290 g/mol. The van der Waals surface area contributed by atoms with Gasteiger partial charge in [-0.3, -0.25) is 0 Å². The first kappa shape index (κ1) is 16.2. The van der Waals surface area contributed by atoms with E-state index < -0.39 is 10.0 Å². The molecular weight excluding hydrogens is 268 g/mol. The first-order valence-corrected chi connectivity index (χ1v) is 7.81. The molecular formula is C12H22N2O4S. The van der Waals surface area contributed by atoms with Crippen LogP contribution in [0.3, 0.4) is 0 Å². The standard InChI is InChI=1S/C12H22N2O4S/c1-4-17-8-11(9(2)3)14-7-10-5-6-12(18-10)19(13,15)16/h5-6,9,11,14H,4,7-8H2,1-3H3,(H2,13,15,16). The minimum atomic E-state index is -3.77. The van der Waals surface area contributed by atoms with Crippen molar-refractivity contribution in [3.63, 3.8) is 0 Å². The lowest BCUT2D eigenvalue weighted by Crippen LogP contribution is -2.37. The van der Waals surface area contributed by atoms with Gasteiger partial charge in [0.1, 0.15) is 5.76 Å². The number of furan rings is 1. The number of sulfonamides is 1. The summed E-state index contributed by atoms with van der Waals surface area (Å²) in [6, 6.07) is 3.15. The number of hydrogen-bond acceptors (Lipinski definition) is 5. The van der Waals surface area contributed by atoms with Crippen molar-refractivity contribution in [3.8, 4) is 0 Å². The molecule has 1 unspecified atom stereocenters. The average Bonchev–Trinajstić information content (AvgIpc) is 2.77. The zero-order valence-corrected chi connectivity index (χ0v) is 12.4. The topological polar surface area (TPSA) is 94.6 Å². The Morgan fingerprint density at radius 1 is 1.42 bits per heavy atom. The number of primary sulfonamides is 1. The van der Waals surface area contributed by atoms with Gasteiger partial charge < -0.3 is 14.5 Å². The van der Waals surface area contributed by atoms with Crippen molar-refractivity contribution in [2.75, 3.05) is 13.2 Å². The van der Waals surface area contributed by atoms with Crippen LogP contribution in [0.4, 0.5) is 0 Å². The maximum Gasteiger partial charge on any atom is 0.271 e. The zero-order valence-electron chi connectivity index (χ0n) is 11.5. The summed E-state index contributed by atoms with van der Waals surface area (Å²) in [5, 5.41) is 8.05. The first-order chi connectivity index (χ1) is 8.84. The fourth-order valence-corrected chi connectivity index (χ4v) is 2.05. The lowest BCUT2D eigenvalue weighted by molar-refractivity contribution is 0.107. The predicted octanol–water partition coefficient (Wildman–Crippen LogP) is 1.08. The highest BCUT2D eigenvalue weighted by Gasteiger charge is 2.16. The number of nitrogens with two attached hydrogens (primary N) is 1. The summed E-state index contributed by atoms with van der Waals surface area (Å²) in [6.07, 6.45) is 0. The van der Waals surface area contributed by atoms with Crippen LogP contribution in [0, 0.1) is 5.92 Å². The highest BCUT2D eigenvalue weighted by atomic mass is 32.2. The lowest BCUT2D eigenvalue weighted by Gasteiger charge is -2.21. The molecule has 0 spiro atoms. The predicted molar refractivity (Wildman–Crippen MR) is 72.0 cm³/mol. The van der Waals surface area contributed by atoms with Crippen LogP contribution in [0.1, 0.15) is 26.5 Å². The second-order valence-corrected chi connectivity index (χ2v) is 6.15. The van der Waals surface area contributed by atoms with Gasteiger partial charge in [-0.15, -0.1) is 0 Å². The van der Waals surface area contributed by atoms with Crippen molar-refractivity contribution in [3.05, 3.63) is 17.9 Å². The van der Waals surface area contributed by atoms with E-state index in [1.54, 1.807) is 6.07 Å². The van der Waals surface area contributed by atoms with Crippen molar-refractivity contribution in [2.45, 2.75) is 38.5 Å². The Hall–Kier alpha value is -0.890. The largest absolute Gasteiger partial charge is 0.447 e. The Balaban J connectivity index is 2.57. The SMILES string of the molecule is CCOCC(NCc1ccc(S(N)(=O)=O)o1)C(C)C. The number of nitrogens with one attached hydrogen (secondary N) is 1. The smallest absolute Gasteiger partial charge is 0.271 e. The molecule has 3 N–H and O–H groups in total. The Bertz CT molecular complexity index is 482. The maximum atomic E-state index is 11.1. The molecule has 0 saturated carbocycles. The maximum absolute atomic E-state index is 11.1. The second-order valence-electron chi connectivity index (χ2n) is 4.66. The molecule has 0 amide bonds. The van der Waals surface area contributed by atoms with E-state index >= 15 is 0 Å². The second kappa shape index (κ2) is 7.04. The summed E-state index contributed by atoms with van der Waals surface area (Å²) in [7, 11) is -3.77. The molecule has 0 aliphatic carbocycles. The molecule has 0 aliphatic rings. The molecule has 19 heavy (non-hydrogen) atoms. The third-order valence-corrected chi connectivity index (χ3v) is 3.54. The van der Waals surface area contributed by atoms with Gasteiger partial charge in [-0.25, -0.2) is 13.6 Å². The van der Waals surface area contributed by atoms with E-state index in [9.17, 15) is 8.42 Å². The van der Waals surface area contributed by atoms with Gasteiger partial charge in [-0.1, -0.05) is 13.8 Å². The summed E-state index contributed by atoms with van der Waals surface area (Å²) in [4.78, 5) is 0. The van der Waals surface area contributed by atoms with Gasteiger partial charge in [0.15, 0.2) is 0 Å². The Kier molecular flexibility index (Phi) is 5.99. The third kappa shape index (κ3) is 5.32. The molecule has 110 valence electrons. The van der Waals surface area contributed by atoms with Crippen molar-refractivity contribution in [1.82, 2.24) is 5.32 Å². The highest BCUT2D eigenvalue weighted by molar-refractivity contribution is 7.89. The molecule has 1 aromatic heterocycles. The average molecular weight is 290 g/mol. The van der Waals surface area contributed by atoms with Gasteiger partial charge in [-0.05, 0) is 25.0 Å². The molecule has 0 radical (unpaired) electrons. The fraction of sp³-hybridized carbons (Fsp3) is 0.667. The molecule has 1 rings (SSSR count). The molecule has 0 bridgehead atoms. The summed E-state index contributed by atoms with van der Waals surface area (Å²) >= 11 is 0. The van der Waals surface area contributed by atoms with Crippen LogP contribution in [0.15, 0.2) is 21.6 Å². The molecule has 6 nitrogen and oxygen atoms in total. The van der Waals surface area contributed by atoms with E-state index in [1.807, 2.05) is 6.92 Å². The van der Waals surface area contributed by atoms with Gasteiger partial charge >= 0.3 is 0 Å². The summed E-state index contributed by atoms with van der Waals surface area (Å²) < 4.78 is 32.7.